The van der Waals surface area contributed by atoms with Gasteiger partial charge in [-0.25, -0.2) is 8.78 Å². The Labute approximate surface area is 117 Å². The molecule has 0 aliphatic rings. The molecule has 1 aromatic carbocycles. The molecule has 2 rings (SSSR count). The van der Waals surface area contributed by atoms with E-state index in [9.17, 15) is 8.78 Å². The zero-order valence-electron chi connectivity index (χ0n) is 9.71. The van der Waals surface area contributed by atoms with E-state index in [0.29, 0.717) is 11.0 Å². The molecular formula is C13H12BrF2NS. The topological polar surface area (TPSA) is 12.0 Å². The summed E-state index contributed by atoms with van der Waals surface area (Å²) in [6.45, 7) is 2.55. The van der Waals surface area contributed by atoms with Crippen LogP contribution in [0.3, 0.4) is 0 Å². The van der Waals surface area contributed by atoms with E-state index >= 15 is 0 Å². The summed E-state index contributed by atoms with van der Waals surface area (Å²) in [5.74, 6) is -1.08. The molecule has 0 fully saturated rings. The van der Waals surface area contributed by atoms with Crippen LogP contribution in [-0.2, 0) is 0 Å². The lowest BCUT2D eigenvalue weighted by molar-refractivity contribution is 0.512. The first-order valence-electron chi connectivity index (χ1n) is 5.54. The number of rotatable bonds is 4. The zero-order valence-corrected chi connectivity index (χ0v) is 12.1. The number of benzene rings is 1. The standard InChI is InChI=1S/C13H12BrF2NS/c1-2-17-13(11-4-3-5-18-11)12-9(15)6-8(14)7-10(12)16/h3-7,13,17H,2H2,1H3. The minimum Gasteiger partial charge on any atom is -0.306 e. The van der Waals surface area contributed by atoms with Gasteiger partial charge in [-0.15, -0.1) is 11.3 Å². The first kappa shape index (κ1) is 13.6. The molecule has 0 aliphatic carbocycles. The first-order valence-corrected chi connectivity index (χ1v) is 7.22. The zero-order chi connectivity index (χ0) is 13.1. The molecule has 96 valence electrons. The molecule has 0 amide bonds. The van der Waals surface area contributed by atoms with Crippen LogP contribution in [0.4, 0.5) is 8.78 Å². The van der Waals surface area contributed by atoms with Crippen molar-refractivity contribution in [3.63, 3.8) is 0 Å². The van der Waals surface area contributed by atoms with E-state index in [2.05, 4.69) is 21.2 Å². The molecule has 5 heteroatoms. The smallest absolute Gasteiger partial charge is 0.132 e. The minimum absolute atomic E-state index is 0.0718. The lowest BCUT2D eigenvalue weighted by Crippen LogP contribution is -2.23. The molecule has 0 saturated carbocycles. The molecule has 0 saturated heterocycles. The van der Waals surface area contributed by atoms with E-state index in [1.807, 2.05) is 24.4 Å². The van der Waals surface area contributed by atoms with Gasteiger partial charge in [0.05, 0.1) is 6.04 Å². The van der Waals surface area contributed by atoms with Gasteiger partial charge in [0.1, 0.15) is 11.6 Å². The predicted molar refractivity (Wildman–Crippen MR) is 73.9 cm³/mol. The third-order valence-electron chi connectivity index (χ3n) is 2.57. The molecule has 0 aliphatic heterocycles. The third-order valence-corrected chi connectivity index (χ3v) is 3.96. The fourth-order valence-corrected chi connectivity index (χ4v) is 3.04. The summed E-state index contributed by atoms with van der Waals surface area (Å²) in [7, 11) is 0. The van der Waals surface area contributed by atoms with Gasteiger partial charge in [0, 0.05) is 14.9 Å². The molecule has 2 aromatic rings. The van der Waals surface area contributed by atoms with Gasteiger partial charge < -0.3 is 5.32 Å². The van der Waals surface area contributed by atoms with Crippen LogP contribution in [0.5, 0.6) is 0 Å². The van der Waals surface area contributed by atoms with Crippen molar-refractivity contribution in [2.24, 2.45) is 0 Å². The molecule has 0 radical (unpaired) electrons. The summed E-state index contributed by atoms with van der Waals surface area (Å²) in [5.41, 5.74) is 0.0718. The van der Waals surface area contributed by atoms with Crippen molar-refractivity contribution in [1.29, 1.82) is 0 Å². The second kappa shape index (κ2) is 5.91. The normalized spacial score (nSPS) is 12.7. The summed E-state index contributed by atoms with van der Waals surface area (Å²) in [4.78, 5) is 0.900. The maximum absolute atomic E-state index is 14.0. The average molecular weight is 332 g/mol. The van der Waals surface area contributed by atoms with Crippen molar-refractivity contribution >= 4 is 27.3 Å². The highest BCUT2D eigenvalue weighted by Crippen LogP contribution is 2.31. The summed E-state index contributed by atoms with van der Waals surface area (Å²) in [6, 6.07) is 5.88. The monoisotopic (exact) mass is 331 g/mol. The van der Waals surface area contributed by atoms with Crippen molar-refractivity contribution in [1.82, 2.24) is 5.32 Å². The molecule has 1 nitrogen and oxygen atoms in total. The Morgan fingerprint density at radius 3 is 2.50 bits per heavy atom. The summed E-state index contributed by atoms with van der Waals surface area (Å²) < 4.78 is 28.3. The Morgan fingerprint density at radius 1 is 1.33 bits per heavy atom. The minimum atomic E-state index is -0.541. The Balaban J connectivity index is 2.49. The molecule has 1 heterocycles. The third kappa shape index (κ3) is 2.79. The molecule has 0 spiro atoms. The number of hydrogen-bond donors (Lipinski definition) is 1. The van der Waals surface area contributed by atoms with Crippen LogP contribution < -0.4 is 5.32 Å². The highest BCUT2D eigenvalue weighted by Gasteiger charge is 2.22. The van der Waals surface area contributed by atoms with Crippen molar-refractivity contribution in [3.8, 4) is 0 Å². The fourth-order valence-electron chi connectivity index (χ4n) is 1.83. The first-order chi connectivity index (χ1) is 8.63. The van der Waals surface area contributed by atoms with Crippen LogP contribution in [0.1, 0.15) is 23.4 Å². The van der Waals surface area contributed by atoms with Crippen LogP contribution in [-0.4, -0.2) is 6.54 Å². The molecule has 18 heavy (non-hydrogen) atoms. The van der Waals surface area contributed by atoms with Crippen LogP contribution >= 0.6 is 27.3 Å². The Hall–Kier alpha value is -0.780. The summed E-state index contributed by atoms with van der Waals surface area (Å²) in [6.07, 6.45) is 0. The predicted octanol–water partition coefficient (Wildman–Crippen LogP) is 4.49. The van der Waals surface area contributed by atoms with Gasteiger partial charge in [0.2, 0.25) is 0 Å². The quantitative estimate of drug-likeness (QED) is 0.870. The van der Waals surface area contributed by atoms with Crippen LogP contribution in [0.25, 0.3) is 0 Å². The van der Waals surface area contributed by atoms with Crippen molar-refractivity contribution in [2.45, 2.75) is 13.0 Å². The second-order valence-corrected chi connectivity index (χ2v) is 5.68. The van der Waals surface area contributed by atoms with Gasteiger partial charge >= 0.3 is 0 Å². The van der Waals surface area contributed by atoms with E-state index in [4.69, 9.17) is 0 Å². The van der Waals surface area contributed by atoms with Gasteiger partial charge in [-0.2, -0.15) is 0 Å². The molecule has 1 aromatic heterocycles. The van der Waals surface area contributed by atoms with E-state index < -0.39 is 17.7 Å². The SMILES string of the molecule is CCNC(c1cccs1)c1c(F)cc(Br)cc1F. The van der Waals surface area contributed by atoms with Gasteiger partial charge in [0.25, 0.3) is 0 Å². The largest absolute Gasteiger partial charge is 0.306 e. The van der Waals surface area contributed by atoms with Crippen LogP contribution in [0, 0.1) is 11.6 Å². The highest BCUT2D eigenvalue weighted by atomic mass is 79.9. The molecule has 0 bridgehead atoms. The van der Waals surface area contributed by atoms with Gasteiger partial charge in [-0.3, -0.25) is 0 Å². The summed E-state index contributed by atoms with van der Waals surface area (Å²) >= 11 is 4.57. The molecule has 1 N–H and O–H groups in total. The van der Waals surface area contributed by atoms with E-state index in [0.717, 1.165) is 4.88 Å². The number of halogens is 3. The maximum Gasteiger partial charge on any atom is 0.132 e. The van der Waals surface area contributed by atoms with Gasteiger partial charge in [-0.1, -0.05) is 28.9 Å². The van der Waals surface area contributed by atoms with Crippen LogP contribution in [0.15, 0.2) is 34.1 Å². The molecular weight excluding hydrogens is 320 g/mol. The fraction of sp³-hybridized carbons (Fsp3) is 0.231. The van der Waals surface area contributed by atoms with Crippen molar-refractivity contribution in [2.75, 3.05) is 6.54 Å². The Kier molecular flexibility index (Phi) is 4.48. The number of thiophene rings is 1. The van der Waals surface area contributed by atoms with Gasteiger partial charge in [0.15, 0.2) is 0 Å². The van der Waals surface area contributed by atoms with E-state index in [1.54, 1.807) is 0 Å². The lowest BCUT2D eigenvalue weighted by Gasteiger charge is -2.18. The summed E-state index contributed by atoms with van der Waals surface area (Å²) in [5, 5.41) is 5.01. The van der Waals surface area contributed by atoms with Crippen molar-refractivity contribution < 1.29 is 8.78 Å². The van der Waals surface area contributed by atoms with Gasteiger partial charge in [-0.05, 0) is 30.1 Å². The Bertz CT molecular complexity index is 505. The van der Waals surface area contributed by atoms with E-state index in [-0.39, 0.29) is 5.56 Å². The van der Waals surface area contributed by atoms with Crippen LogP contribution in [0.2, 0.25) is 0 Å². The highest BCUT2D eigenvalue weighted by molar-refractivity contribution is 9.10. The second-order valence-electron chi connectivity index (χ2n) is 3.79. The Morgan fingerprint density at radius 2 is 2.00 bits per heavy atom. The average Bonchev–Trinajstić information content (AvgIpc) is 2.79. The maximum atomic E-state index is 14.0. The molecule has 1 atom stereocenters. The lowest BCUT2D eigenvalue weighted by atomic mass is 10.0. The molecule has 1 unspecified atom stereocenters. The number of nitrogens with one attached hydrogen (secondary N) is 1. The number of hydrogen-bond acceptors (Lipinski definition) is 2. The van der Waals surface area contributed by atoms with E-state index in [1.165, 1.54) is 23.5 Å². The van der Waals surface area contributed by atoms with Crippen molar-refractivity contribution in [3.05, 3.63) is 56.2 Å².